The molecule has 1 atom stereocenters. The molecule has 20 heavy (non-hydrogen) atoms. The van der Waals surface area contributed by atoms with Crippen LogP contribution < -0.4 is 5.32 Å². The van der Waals surface area contributed by atoms with Crippen LogP contribution in [0.25, 0.3) is 0 Å². The van der Waals surface area contributed by atoms with Gasteiger partial charge in [0.1, 0.15) is 11.8 Å². The zero-order chi connectivity index (χ0) is 15.3. The third-order valence-electron chi connectivity index (χ3n) is 2.97. The number of carbonyl (C=O) groups is 3. The molecule has 1 rings (SSSR count). The number of ether oxygens (including phenoxy) is 1. The Morgan fingerprint density at radius 1 is 1.40 bits per heavy atom. The van der Waals surface area contributed by atoms with Crippen LogP contribution in [0.15, 0.2) is 5.10 Å². The molecule has 0 spiro atoms. The molecule has 0 fully saturated rings. The molecule has 1 heterocycles. The number of amides is 2. The standard InChI is InChI=1S/C13H21N3O4/c1-8(2)7-10(13(19)20-4)14-12(18)9-5-6-11(17)16(3)15-9/h8,10H,5-7H2,1-4H3,(H,14,18)/t10-/m0/s1. The molecule has 1 N–H and O–H groups in total. The number of esters is 1. The van der Waals surface area contributed by atoms with Crippen molar-refractivity contribution in [2.75, 3.05) is 14.2 Å². The summed E-state index contributed by atoms with van der Waals surface area (Å²) in [5.41, 5.74) is 0.254. The van der Waals surface area contributed by atoms with E-state index in [0.29, 0.717) is 6.42 Å². The van der Waals surface area contributed by atoms with Gasteiger partial charge in [0, 0.05) is 19.9 Å². The summed E-state index contributed by atoms with van der Waals surface area (Å²) < 4.78 is 4.68. The van der Waals surface area contributed by atoms with Gasteiger partial charge in [-0.25, -0.2) is 9.80 Å². The van der Waals surface area contributed by atoms with Gasteiger partial charge in [0.2, 0.25) is 5.91 Å². The number of carbonyl (C=O) groups excluding carboxylic acids is 3. The van der Waals surface area contributed by atoms with Gasteiger partial charge in [-0.15, -0.1) is 0 Å². The van der Waals surface area contributed by atoms with E-state index < -0.39 is 17.9 Å². The zero-order valence-electron chi connectivity index (χ0n) is 12.3. The third kappa shape index (κ3) is 4.32. The molecule has 0 aromatic rings. The summed E-state index contributed by atoms with van der Waals surface area (Å²) in [4.78, 5) is 35.0. The Morgan fingerprint density at radius 2 is 2.05 bits per heavy atom. The average molecular weight is 283 g/mol. The molecule has 0 aliphatic carbocycles. The quantitative estimate of drug-likeness (QED) is 0.735. The summed E-state index contributed by atoms with van der Waals surface area (Å²) in [7, 11) is 2.78. The van der Waals surface area contributed by atoms with E-state index in [9.17, 15) is 14.4 Å². The lowest BCUT2D eigenvalue weighted by Gasteiger charge is -2.22. The van der Waals surface area contributed by atoms with Gasteiger partial charge in [0.15, 0.2) is 0 Å². The van der Waals surface area contributed by atoms with Gasteiger partial charge >= 0.3 is 5.97 Å². The molecular weight excluding hydrogens is 262 g/mol. The van der Waals surface area contributed by atoms with Crippen LogP contribution >= 0.6 is 0 Å². The van der Waals surface area contributed by atoms with E-state index in [0.717, 1.165) is 5.01 Å². The second-order valence-corrected chi connectivity index (χ2v) is 5.14. The monoisotopic (exact) mass is 283 g/mol. The van der Waals surface area contributed by atoms with E-state index in [1.165, 1.54) is 14.2 Å². The maximum atomic E-state index is 12.1. The van der Waals surface area contributed by atoms with Gasteiger partial charge in [-0.1, -0.05) is 13.8 Å². The molecule has 0 radical (unpaired) electrons. The fraction of sp³-hybridized carbons (Fsp3) is 0.692. The normalized spacial score (nSPS) is 16.8. The highest BCUT2D eigenvalue weighted by atomic mass is 16.5. The first kappa shape index (κ1) is 16.1. The lowest BCUT2D eigenvalue weighted by atomic mass is 10.0. The fourth-order valence-corrected chi connectivity index (χ4v) is 1.90. The first-order chi connectivity index (χ1) is 9.35. The first-order valence-electron chi connectivity index (χ1n) is 6.57. The molecule has 0 saturated carbocycles. The molecule has 2 amide bonds. The molecule has 7 nitrogen and oxygen atoms in total. The highest BCUT2D eigenvalue weighted by Crippen LogP contribution is 2.09. The van der Waals surface area contributed by atoms with Crippen molar-refractivity contribution in [1.82, 2.24) is 10.3 Å². The van der Waals surface area contributed by atoms with E-state index in [-0.39, 0.29) is 30.4 Å². The van der Waals surface area contributed by atoms with Crippen LogP contribution in [0, 0.1) is 5.92 Å². The van der Waals surface area contributed by atoms with Crippen LogP contribution in [0.2, 0.25) is 0 Å². The minimum atomic E-state index is -0.696. The highest BCUT2D eigenvalue weighted by Gasteiger charge is 2.27. The third-order valence-corrected chi connectivity index (χ3v) is 2.97. The SMILES string of the molecule is COC(=O)[C@H](CC(C)C)NC(=O)C1=NN(C)C(=O)CC1. The minimum Gasteiger partial charge on any atom is -0.467 e. The van der Waals surface area contributed by atoms with Crippen LogP contribution in [0.5, 0.6) is 0 Å². The Morgan fingerprint density at radius 3 is 2.55 bits per heavy atom. The fourth-order valence-electron chi connectivity index (χ4n) is 1.90. The molecule has 112 valence electrons. The summed E-state index contributed by atoms with van der Waals surface area (Å²) in [6.07, 6.45) is 1.01. The molecular formula is C13H21N3O4. The second-order valence-electron chi connectivity index (χ2n) is 5.14. The van der Waals surface area contributed by atoms with Crippen molar-refractivity contribution in [3.8, 4) is 0 Å². The van der Waals surface area contributed by atoms with Gasteiger partial charge in [-0.3, -0.25) is 9.59 Å². The molecule has 0 bridgehead atoms. The Bertz CT molecular complexity index is 431. The van der Waals surface area contributed by atoms with Crippen molar-refractivity contribution < 1.29 is 19.1 Å². The molecule has 7 heteroatoms. The number of rotatable bonds is 5. The number of nitrogens with zero attached hydrogens (tertiary/aromatic N) is 2. The number of hydrogen-bond acceptors (Lipinski definition) is 5. The molecule has 0 aromatic carbocycles. The number of nitrogens with one attached hydrogen (secondary N) is 1. The Hall–Kier alpha value is -1.92. The van der Waals surface area contributed by atoms with Crippen LogP contribution in [0.1, 0.15) is 33.1 Å². The van der Waals surface area contributed by atoms with Crippen molar-refractivity contribution in [2.45, 2.75) is 39.2 Å². The van der Waals surface area contributed by atoms with Gasteiger partial charge in [-0.2, -0.15) is 5.10 Å². The number of hydrazone groups is 1. The van der Waals surface area contributed by atoms with Gasteiger partial charge < -0.3 is 10.1 Å². The van der Waals surface area contributed by atoms with E-state index in [2.05, 4.69) is 15.2 Å². The largest absolute Gasteiger partial charge is 0.467 e. The Kier molecular flexibility index (Phi) is 5.66. The topological polar surface area (TPSA) is 88.1 Å². The lowest BCUT2D eigenvalue weighted by Crippen LogP contribution is -2.46. The van der Waals surface area contributed by atoms with Crippen molar-refractivity contribution in [1.29, 1.82) is 0 Å². The van der Waals surface area contributed by atoms with Crippen molar-refractivity contribution in [3.63, 3.8) is 0 Å². The van der Waals surface area contributed by atoms with Crippen LogP contribution in [-0.4, -0.2) is 48.7 Å². The molecule has 1 aliphatic rings. The van der Waals surface area contributed by atoms with Gasteiger partial charge in [0.25, 0.3) is 5.91 Å². The smallest absolute Gasteiger partial charge is 0.328 e. The average Bonchev–Trinajstić information content (AvgIpc) is 2.39. The Labute approximate surface area is 118 Å². The molecule has 0 aromatic heterocycles. The van der Waals surface area contributed by atoms with Gasteiger partial charge in [-0.05, 0) is 12.3 Å². The van der Waals surface area contributed by atoms with Crippen LogP contribution in [0.3, 0.4) is 0 Å². The molecule has 0 unspecified atom stereocenters. The Balaban J connectivity index is 2.73. The summed E-state index contributed by atoms with van der Waals surface area (Å²) in [5, 5.41) is 7.69. The summed E-state index contributed by atoms with van der Waals surface area (Å²) >= 11 is 0. The lowest BCUT2D eigenvalue weighted by molar-refractivity contribution is -0.145. The minimum absolute atomic E-state index is 0.131. The second kappa shape index (κ2) is 7.02. The van der Waals surface area contributed by atoms with Crippen molar-refractivity contribution >= 4 is 23.5 Å². The van der Waals surface area contributed by atoms with E-state index in [4.69, 9.17) is 0 Å². The maximum Gasteiger partial charge on any atom is 0.328 e. The predicted octanol–water partition coefficient (Wildman–Crippen LogP) is 0.298. The first-order valence-corrected chi connectivity index (χ1v) is 6.57. The van der Waals surface area contributed by atoms with E-state index in [1.54, 1.807) is 0 Å². The summed E-state index contributed by atoms with van der Waals surface area (Å²) in [6, 6.07) is -0.696. The number of methoxy groups -OCH3 is 1. The van der Waals surface area contributed by atoms with Crippen LogP contribution in [0.4, 0.5) is 0 Å². The maximum absolute atomic E-state index is 12.1. The predicted molar refractivity (Wildman–Crippen MR) is 72.8 cm³/mol. The summed E-state index contributed by atoms with van der Waals surface area (Å²) in [6.45, 7) is 3.90. The van der Waals surface area contributed by atoms with Crippen molar-refractivity contribution in [2.24, 2.45) is 11.0 Å². The van der Waals surface area contributed by atoms with Gasteiger partial charge in [0.05, 0.1) is 7.11 Å². The zero-order valence-corrected chi connectivity index (χ0v) is 12.3. The van der Waals surface area contributed by atoms with E-state index in [1.807, 2.05) is 13.8 Å². The van der Waals surface area contributed by atoms with E-state index >= 15 is 0 Å². The number of hydrogen-bond donors (Lipinski definition) is 1. The van der Waals surface area contributed by atoms with Crippen molar-refractivity contribution in [3.05, 3.63) is 0 Å². The molecule has 1 aliphatic heterocycles. The summed E-state index contributed by atoms with van der Waals surface area (Å²) in [5.74, 6) is -0.807. The molecule has 0 saturated heterocycles. The highest BCUT2D eigenvalue weighted by molar-refractivity contribution is 6.39. The van der Waals surface area contributed by atoms with Crippen LogP contribution in [-0.2, 0) is 19.1 Å².